The van der Waals surface area contributed by atoms with E-state index < -0.39 is 18.0 Å². The highest BCUT2D eigenvalue weighted by atomic mass is 16.4. The summed E-state index contributed by atoms with van der Waals surface area (Å²) in [7, 11) is 0. The van der Waals surface area contributed by atoms with E-state index in [2.05, 4.69) is 5.32 Å². The number of aliphatic carboxylic acids is 2. The van der Waals surface area contributed by atoms with Crippen molar-refractivity contribution in [3.05, 3.63) is 0 Å². The summed E-state index contributed by atoms with van der Waals surface area (Å²) in [4.78, 5) is 32.4. The molecule has 0 aromatic heterocycles. The molecule has 5 N–H and O–H groups in total. The average Bonchev–Trinajstić information content (AvgIpc) is 2.39. The topological polar surface area (TPSA) is 130 Å². The first-order chi connectivity index (χ1) is 9.36. The lowest BCUT2D eigenvalue weighted by atomic mass is 9.96. The van der Waals surface area contributed by atoms with Gasteiger partial charge in [-0.3, -0.25) is 14.4 Å². The van der Waals surface area contributed by atoms with Crippen molar-refractivity contribution in [2.45, 2.75) is 51.5 Å². The summed E-state index contributed by atoms with van der Waals surface area (Å²) < 4.78 is 0. The van der Waals surface area contributed by atoms with Crippen molar-refractivity contribution in [1.29, 1.82) is 0 Å². The number of carbonyl (C=O) groups is 3. The Morgan fingerprint density at radius 1 is 1.05 bits per heavy atom. The number of hydrogen-bond acceptors (Lipinski definition) is 4. The summed E-state index contributed by atoms with van der Waals surface area (Å²) >= 11 is 0. The van der Waals surface area contributed by atoms with Gasteiger partial charge in [-0.1, -0.05) is 13.3 Å². The zero-order valence-electron chi connectivity index (χ0n) is 11.8. The van der Waals surface area contributed by atoms with Crippen molar-refractivity contribution >= 4 is 17.8 Å². The van der Waals surface area contributed by atoms with E-state index in [1.165, 1.54) is 0 Å². The zero-order chi connectivity index (χ0) is 15.5. The van der Waals surface area contributed by atoms with E-state index in [1.807, 2.05) is 6.92 Å². The second-order valence-electron chi connectivity index (χ2n) is 4.83. The molecule has 0 heterocycles. The maximum Gasteiger partial charge on any atom is 0.303 e. The Hall–Kier alpha value is -1.63. The number of hydrogen-bond donors (Lipinski definition) is 4. The van der Waals surface area contributed by atoms with Crippen LogP contribution in [0, 0.1) is 5.92 Å². The summed E-state index contributed by atoms with van der Waals surface area (Å²) in [6.07, 6.45) is 2.24. The third-order valence-electron chi connectivity index (χ3n) is 3.20. The van der Waals surface area contributed by atoms with Gasteiger partial charge in [-0.25, -0.2) is 0 Å². The van der Waals surface area contributed by atoms with Gasteiger partial charge >= 0.3 is 11.9 Å². The Bertz CT molecular complexity index is 333. The highest BCUT2D eigenvalue weighted by molar-refractivity contribution is 5.82. The van der Waals surface area contributed by atoms with E-state index in [1.54, 1.807) is 0 Å². The molecule has 0 spiro atoms. The van der Waals surface area contributed by atoms with Crippen LogP contribution in [0.15, 0.2) is 0 Å². The van der Waals surface area contributed by atoms with Crippen LogP contribution in [-0.2, 0) is 14.4 Å². The molecule has 116 valence electrons. The SMILES string of the molecule is CCC(CCNC(=O)C(N)CCC(=O)O)CCC(=O)O. The monoisotopic (exact) mass is 288 g/mol. The first-order valence-electron chi connectivity index (χ1n) is 6.83. The quantitative estimate of drug-likeness (QED) is 0.440. The third-order valence-corrected chi connectivity index (χ3v) is 3.20. The van der Waals surface area contributed by atoms with Crippen molar-refractivity contribution < 1.29 is 24.6 Å². The molecule has 0 aliphatic carbocycles. The Balaban J connectivity index is 3.87. The Kier molecular flexibility index (Phi) is 9.36. The van der Waals surface area contributed by atoms with Crippen LogP contribution >= 0.6 is 0 Å². The fraction of sp³-hybridized carbons (Fsp3) is 0.769. The summed E-state index contributed by atoms with van der Waals surface area (Å²) in [5, 5.41) is 19.8. The normalized spacial score (nSPS) is 13.5. The molecule has 2 unspecified atom stereocenters. The Morgan fingerprint density at radius 3 is 2.10 bits per heavy atom. The van der Waals surface area contributed by atoms with E-state index in [9.17, 15) is 14.4 Å². The first kappa shape index (κ1) is 18.4. The summed E-state index contributed by atoms with van der Waals surface area (Å²) in [5.74, 6) is -1.91. The van der Waals surface area contributed by atoms with Gasteiger partial charge in [0, 0.05) is 19.4 Å². The minimum absolute atomic E-state index is 0.109. The van der Waals surface area contributed by atoms with Gasteiger partial charge in [0.05, 0.1) is 6.04 Å². The molecule has 1 amide bonds. The van der Waals surface area contributed by atoms with Crippen LogP contribution < -0.4 is 11.1 Å². The second kappa shape index (κ2) is 10.2. The summed E-state index contributed by atoms with van der Waals surface area (Å²) in [6.45, 7) is 2.41. The second-order valence-corrected chi connectivity index (χ2v) is 4.83. The van der Waals surface area contributed by atoms with E-state index in [-0.39, 0.29) is 31.1 Å². The average molecular weight is 288 g/mol. The molecule has 0 fully saturated rings. The molecule has 0 aliphatic rings. The molecule has 0 aliphatic heterocycles. The lowest BCUT2D eigenvalue weighted by molar-refractivity contribution is -0.138. The van der Waals surface area contributed by atoms with Gasteiger partial charge in [-0.05, 0) is 25.2 Å². The van der Waals surface area contributed by atoms with E-state index in [0.717, 1.165) is 6.42 Å². The number of nitrogens with two attached hydrogens (primary N) is 1. The molecule has 0 aromatic rings. The van der Waals surface area contributed by atoms with Crippen LogP contribution in [0.25, 0.3) is 0 Å². The Labute approximate surface area is 118 Å². The lowest BCUT2D eigenvalue weighted by Gasteiger charge is -2.15. The van der Waals surface area contributed by atoms with Gasteiger partial charge in [0.2, 0.25) is 5.91 Å². The van der Waals surface area contributed by atoms with Gasteiger partial charge in [-0.2, -0.15) is 0 Å². The molecule has 0 radical (unpaired) electrons. The zero-order valence-corrected chi connectivity index (χ0v) is 11.8. The predicted molar refractivity (Wildman–Crippen MR) is 73.1 cm³/mol. The molecule has 7 heteroatoms. The number of nitrogens with one attached hydrogen (secondary N) is 1. The maximum absolute atomic E-state index is 11.6. The maximum atomic E-state index is 11.6. The lowest BCUT2D eigenvalue weighted by Crippen LogP contribution is -2.41. The standard InChI is InChI=1S/C13H24N2O5/c1-2-9(3-5-11(16)17)7-8-15-13(20)10(14)4-6-12(18)19/h9-10H,2-8,14H2,1H3,(H,15,20)(H,16,17)(H,18,19). The molecule has 7 nitrogen and oxygen atoms in total. The molecular weight excluding hydrogens is 264 g/mol. The number of amides is 1. The van der Waals surface area contributed by atoms with Crippen LogP contribution in [-0.4, -0.2) is 40.6 Å². The van der Waals surface area contributed by atoms with Gasteiger partial charge in [0.1, 0.15) is 0 Å². The number of rotatable bonds is 11. The van der Waals surface area contributed by atoms with Crippen LogP contribution in [0.5, 0.6) is 0 Å². The number of carbonyl (C=O) groups excluding carboxylic acids is 1. The number of carboxylic acid groups (broad SMARTS) is 2. The third kappa shape index (κ3) is 9.32. The van der Waals surface area contributed by atoms with Crippen LogP contribution in [0.4, 0.5) is 0 Å². The van der Waals surface area contributed by atoms with Crippen molar-refractivity contribution in [3.8, 4) is 0 Å². The first-order valence-corrected chi connectivity index (χ1v) is 6.83. The molecule has 0 bridgehead atoms. The van der Waals surface area contributed by atoms with Crippen molar-refractivity contribution in [1.82, 2.24) is 5.32 Å². The van der Waals surface area contributed by atoms with Crippen LogP contribution in [0.3, 0.4) is 0 Å². The van der Waals surface area contributed by atoms with Crippen LogP contribution in [0.2, 0.25) is 0 Å². The fourth-order valence-corrected chi connectivity index (χ4v) is 1.82. The van der Waals surface area contributed by atoms with E-state index >= 15 is 0 Å². The highest BCUT2D eigenvalue weighted by Gasteiger charge is 2.15. The van der Waals surface area contributed by atoms with E-state index in [4.69, 9.17) is 15.9 Å². The Morgan fingerprint density at radius 2 is 1.60 bits per heavy atom. The van der Waals surface area contributed by atoms with E-state index in [0.29, 0.717) is 19.4 Å². The molecule has 0 saturated heterocycles. The minimum atomic E-state index is -0.979. The molecule has 2 atom stereocenters. The molecule has 0 rings (SSSR count). The highest BCUT2D eigenvalue weighted by Crippen LogP contribution is 2.14. The van der Waals surface area contributed by atoms with Crippen molar-refractivity contribution in [3.63, 3.8) is 0 Å². The van der Waals surface area contributed by atoms with Crippen molar-refractivity contribution in [2.75, 3.05) is 6.54 Å². The van der Waals surface area contributed by atoms with Crippen molar-refractivity contribution in [2.24, 2.45) is 11.7 Å². The van der Waals surface area contributed by atoms with Gasteiger partial charge < -0.3 is 21.3 Å². The molecule has 20 heavy (non-hydrogen) atoms. The molecular formula is C13H24N2O5. The minimum Gasteiger partial charge on any atom is -0.481 e. The molecule has 0 saturated carbocycles. The molecule has 0 aromatic carbocycles. The summed E-state index contributed by atoms with van der Waals surface area (Å²) in [5.41, 5.74) is 5.56. The van der Waals surface area contributed by atoms with Gasteiger partial charge in [0.25, 0.3) is 0 Å². The fourth-order valence-electron chi connectivity index (χ4n) is 1.82. The largest absolute Gasteiger partial charge is 0.481 e. The van der Waals surface area contributed by atoms with Gasteiger partial charge in [0.15, 0.2) is 0 Å². The van der Waals surface area contributed by atoms with Gasteiger partial charge in [-0.15, -0.1) is 0 Å². The number of carboxylic acids is 2. The summed E-state index contributed by atoms with van der Waals surface area (Å²) in [6, 6.07) is -0.815. The van der Waals surface area contributed by atoms with Crippen LogP contribution in [0.1, 0.15) is 45.4 Å². The predicted octanol–water partition coefficient (Wildman–Crippen LogP) is 0.576. The smallest absolute Gasteiger partial charge is 0.303 e.